The van der Waals surface area contributed by atoms with Crippen LogP contribution in [-0.2, 0) is 0 Å². The number of pyridine rings is 1. The summed E-state index contributed by atoms with van der Waals surface area (Å²) >= 11 is 0. The van der Waals surface area contributed by atoms with Gasteiger partial charge in [-0.1, -0.05) is 44.7 Å². The fraction of sp³-hybridized carbons (Fsp3) is 0.280. The molecule has 0 saturated heterocycles. The van der Waals surface area contributed by atoms with Gasteiger partial charge >= 0.3 is 0 Å². The highest BCUT2D eigenvalue weighted by atomic mass is 19.1. The first-order chi connectivity index (χ1) is 14.6. The zero-order valence-corrected chi connectivity index (χ0v) is 17.2. The number of ether oxygens (including phenoxy) is 1. The van der Waals surface area contributed by atoms with Crippen molar-refractivity contribution in [2.24, 2.45) is 0 Å². The average Bonchev–Trinajstić information content (AvgIpc) is 2.76. The molecule has 3 aromatic rings. The number of nitrogens with two attached hydrogens (primary N) is 1. The molecule has 30 heavy (non-hydrogen) atoms. The van der Waals surface area contributed by atoms with E-state index in [0.717, 1.165) is 23.3 Å². The number of rotatable bonds is 9. The van der Waals surface area contributed by atoms with Gasteiger partial charge in [0, 0.05) is 11.1 Å². The molecule has 0 atom stereocenters. The van der Waals surface area contributed by atoms with Gasteiger partial charge in [0.25, 0.3) is 0 Å². The fourth-order valence-corrected chi connectivity index (χ4v) is 3.30. The van der Waals surface area contributed by atoms with Gasteiger partial charge in [-0.3, -0.25) is 0 Å². The van der Waals surface area contributed by atoms with Crippen LogP contribution in [0.1, 0.15) is 44.6 Å². The molecule has 0 aliphatic heterocycles. The Labute approximate surface area is 177 Å². The van der Waals surface area contributed by atoms with E-state index in [9.17, 15) is 9.65 Å². The van der Waals surface area contributed by atoms with Crippen molar-refractivity contribution < 1.29 is 9.13 Å². The number of nitriles is 1. The van der Waals surface area contributed by atoms with Crippen LogP contribution in [0.2, 0.25) is 0 Å². The number of hydrogen-bond acceptors (Lipinski definition) is 4. The van der Waals surface area contributed by atoms with Crippen LogP contribution in [0, 0.1) is 17.1 Å². The molecule has 0 aliphatic rings. The Kier molecular flexibility index (Phi) is 7.40. The molecule has 1 heterocycles. The number of unbranched alkanes of at least 4 members (excludes halogenated alkanes) is 4. The number of aromatic nitrogens is 1. The summed E-state index contributed by atoms with van der Waals surface area (Å²) in [6.45, 7) is 2.90. The number of halogens is 1. The zero-order valence-electron chi connectivity index (χ0n) is 17.2. The topological polar surface area (TPSA) is 71.9 Å². The van der Waals surface area contributed by atoms with Gasteiger partial charge < -0.3 is 10.5 Å². The zero-order chi connectivity index (χ0) is 21.3. The van der Waals surface area contributed by atoms with Crippen LogP contribution in [0.3, 0.4) is 0 Å². The first kappa shape index (κ1) is 21.3. The number of nitrogens with zero attached hydrogens (tertiary/aromatic N) is 2. The molecule has 0 aliphatic carbocycles. The molecule has 0 fully saturated rings. The predicted molar refractivity (Wildman–Crippen MR) is 118 cm³/mol. The molecule has 4 nitrogen and oxygen atoms in total. The lowest BCUT2D eigenvalue weighted by Gasteiger charge is -2.11. The van der Waals surface area contributed by atoms with Gasteiger partial charge in [-0.15, -0.1) is 0 Å². The molecular weight excluding hydrogens is 377 g/mol. The molecule has 0 unspecified atom stereocenters. The average molecular weight is 404 g/mol. The highest BCUT2D eigenvalue weighted by Crippen LogP contribution is 2.32. The minimum Gasteiger partial charge on any atom is -0.494 e. The van der Waals surface area contributed by atoms with Crippen molar-refractivity contribution >= 4 is 5.82 Å². The van der Waals surface area contributed by atoms with Gasteiger partial charge in [-0.05, 0) is 54.4 Å². The van der Waals surface area contributed by atoms with Crippen LogP contribution >= 0.6 is 0 Å². The van der Waals surface area contributed by atoms with E-state index in [2.05, 4.69) is 18.0 Å². The minimum atomic E-state index is -0.318. The van der Waals surface area contributed by atoms with Gasteiger partial charge in [-0.2, -0.15) is 5.26 Å². The summed E-state index contributed by atoms with van der Waals surface area (Å²) in [7, 11) is 0. The molecule has 2 N–H and O–H groups in total. The smallest absolute Gasteiger partial charge is 0.142 e. The number of anilines is 1. The van der Waals surface area contributed by atoms with Crippen molar-refractivity contribution in [3.8, 4) is 34.2 Å². The van der Waals surface area contributed by atoms with Gasteiger partial charge in [0.2, 0.25) is 0 Å². The van der Waals surface area contributed by atoms with E-state index in [1.54, 1.807) is 12.1 Å². The Bertz CT molecular complexity index is 1010. The molecule has 5 heteroatoms. The standard InChI is InChI=1S/C25H26FN3O/c1-2-3-4-5-6-15-30-21-13-9-18(10-14-21)22-16-24(29-25(28)23(22)17-27)19-7-11-20(26)12-8-19/h7-14,16H,2-6,15H2,1H3,(H2,28,29). The lowest BCUT2D eigenvalue weighted by molar-refractivity contribution is 0.304. The van der Waals surface area contributed by atoms with Gasteiger partial charge in [0.15, 0.2) is 0 Å². The lowest BCUT2D eigenvalue weighted by atomic mass is 9.98. The summed E-state index contributed by atoms with van der Waals surface area (Å²) in [6, 6.07) is 17.6. The van der Waals surface area contributed by atoms with E-state index >= 15 is 0 Å². The van der Waals surface area contributed by atoms with Crippen molar-refractivity contribution in [3.63, 3.8) is 0 Å². The first-order valence-corrected chi connectivity index (χ1v) is 10.3. The Morgan fingerprint density at radius 2 is 1.63 bits per heavy atom. The van der Waals surface area contributed by atoms with Crippen LogP contribution in [0.5, 0.6) is 5.75 Å². The molecule has 0 radical (unpaired) electrons. The number of hydrogen-bond donors (Lipinski definition) is 1. The van der Waals surface area contributed by atoms with E-state index in [1.165, 1.54) is 37.8 Å². The quantitative estimate of drug-likeness (QED) is 0.422. The molecule has 0 bridgehead atoms. The van der Waals surface area contributed by atoms with Gasteiger partial charge in [0.1, 0.15) is 29.0 Å². The molecule has 0 amide bonds. The van der Waals surface area contributed by atoms with Crippen molar-refractivity contribution in [2.75, 3.05) is 12.3 Å². The third-order valence-corrected chi connectivity index (χ3v) is 4.98. The first-order valence-electron chi connectivity index (χ1n) is 10.3. The molecule has 0 saturated carbocycles. The Morgan fingerprint density at radius 3 is 2.30 bits per heavy atom. The van der Waals surface area contributed by atoms with E-state index in [-0.39, 0.29) is 11.6 Å². The minimum absolute atomic E-state index is 0.154. The number of nitrogen functional groups attached to an aromatic ring is 1. The van der Waals surface area contributed by atoms with Crippen molar-refractivity contribution in [1.29, 1.82) is 5.26 Å². The van der Waals surface area contributed by atoms with Crippen LogP contribution < -0.4 is 10.5 Å². The van der Waals surface area contributed by atoms with Crippen LogP contribution in [0.25, 0.3) is 22.4 Å². The maximum atomic E-state index is 13.2. The Hall–Kier alpha value is -3.39. The SMILES string of the molecule is CCCCCCCOc1ccc(-c2cc(-c3ccc(F)cc3)nc(N)c2C#N)cc1. The van der Waals surface area contributed by atoms with E-state index in [1.807, 2.05) is 30.3 Å². The number of benzene rings is 2. The summed E-state index contributed by atoms with van der Waals surface area (Å²) in [6.07, 6.45) is 5.97. The monoisotopic (exact) mass is 403 g/mol. The maximum absolute atomic E-state index is 13.2. The highest BCUT2D eigenvalue weighted by molar-refractivity contribution is 5.80. The lowest BCUT2D eigenvalue weighted by Crippen LogP contribution is -2.00. The van der Waals surface area contributed by atoms with Crippen LogP contribution in [-0.4, -0.2) is 11.6 Å². The van der Waals surface area contributed by atoms with Crippen molar-refractivity contribution in [1.82, 2.24) is 4.98 Å². The third kappa shape index (κ3) is 5.36. The van der Waals surface area contributed by atoms with Crippen LogP contribution in [0.15, 0.2) is 54.6 Å². The van der Waals surface area contributed by atoms with Crippen molar-refractivity contribution in [3.05, 3.63) is 66.0 Å². The predicted octanol–water partition coefficient (Wildman–Crippen LogP) is 6.36. The van der Waals surface area contributed by atoms with Gasteiger partial charge in [-0.25, -0.2) is 9.37 Å². The third-order valence-electron chi connectivity index (χ3n) is 4.98. The second-order valence-electron chi connectivity index (χ2n) is 7.22. The van der Waals surface area contributed by atoms with E-state index < -0.39 is 0 Å². The summed E-state index contributed by atoms with van der Waals surface area (Å²) in [5.74, 6) is 0.636. The molecule has 2 aromatic carbocycles. The van der Waals surface area contributed by atoms with Crippen molar-refractivity contribution in [2.45, 2.75) is 39.0 Å². The molecular formula is C25H26FN3O. The maximum Gasteiger partial charge on any atom is 0.142 e. The molecule has 0 spiro atoms. The fourth-order valence-electron chi connectivity index (χ4n) is 3.30. The Balaban J connectivity index is 1.79. The largest absolute Gasteiger partial charge is 0.494 e. The summed E-state index contributed by atoms with van der Waals surface area (Å²) in [5, 5.41) is 9.57. The molecule has 1 aromatic heterocycles. The van der Waals surface area contributed by atoms with Crippen LogP contribution in [0.4, 0.5) is 10.2 Å². The van der Waals surface area contributed by atoms with E-state index in [0.29, 0.717) is 23.4 Å². The second kappa shape index (κ2) is 10.4. The summed E-state index contributed by atoms with van der Waals surface area (Å²) < 4.78 is 19.1. The molecule has 154 valence electrons. The second-order valence-corrected chi connectivity index (χ2v) is 7.22. The highest BCUT2D eigenvalue weighted by Gasteiger charge is 2.13. The molecule has 3 rings (SSSR count). The normalized spacial score (nSPS) is 10.6. The summed E-state index contributed by atoms with van der Waals surface area (Å²) in [5.41, 5.74) is 9.24. The van der Waals surface area contributed by atoms with Gasteiger partial charge in [0.05, 0.1) is 12.3 Å². The van der Waals surface area contributed by atoms with E-state index in [4.69, 9.17) is 10.5 Å². The summed E-state index contributed by atoms with van der Waals surface area (Å²) in [4.78, 5) is 4.33. The Morgan fingerprint density at radius 1 is 0.967 bits per heavy atom.